The van der Waals surface area contributed by atoms with E-state index in [2.05, 4.69) is 28.7 Å². The maximum atomic E-state index is 5.81. The van der Waals surface area contributed by atoms with Crippen LogP contribution in [0.2, 0.25) is 0 Å². The normalized spacial score (nSPS) is 18.4. The molecule has 1 atom stereocenters. The fraction of sp³-hybridized carbons (Fsp3) is 0.727. The van der Waals surface area contributed by atoms with Crippen molar-refractivity contribution < 1.29 is 0 Å². The summed E-state index contributed by atoms with van der Waals surface area (Å²) in [4.78, 5) is 4.21. The maximum Gasteiger partial charge on any atom is 0.0951 e. The number of nitrogens with two attached hydrogens (primary N) is 1. The second-order valence-corrected chi connectivity index (χ2v) is 4.55. The van der Waals surface area contributed by atoms with Crippen molar-refractivity contribution in [3.63, 3.8) is 0 Å². The van der Waals surface area contributed by atoms with E-state index < -0.39 is 0 Å². The Kier molecular flexibility index (Phi) is 3.07. The first kappa shape index (κ1) is 10.6. The minimum absolute atomic E-state index is 0.252. The number of hydrogen-bond donors (Lipinski definition) is 2. The van der Waals surface area contributed by atoms with E-state index in [0.29, 0.717) is 18.6 Å². The molecule has 0 aromatic carbocycles. The highest BCUT2D eigenvalue weighted by Gasteiger charge is 2.26. The van der Waals surface area contributed by atoms with E-state index in [9.17, 15) is 0 Å². The number of imidazole rings is 1. The molecule has 1 aliphatic carbocycles. The molecule has 84 valence electrons. The third-order valence-electron chi connectivity index (χ3n) is 2.86. The minimum atomic E-state index is 0.252. The van der Waals surface area contributed by atoms with Crippen LogP contribution in [0, 0.1) is 0 Å². The Morgan fingerprint density at radius 1 is 1.60 bits per heavy atom. The van der Waals surface area contributed by atoms with Gasteiger partial charge in [-0.1, -0.05) is 0 Å². The van der Waals surface area contributed by atoms with Crippen molar-refractivity contribution in [1.29, 1.82) is 0 Å². The van der Waals surface area contributed by atoms with Crippen LogP contribution in [0.5, 0.6) is 0 Å². The molecule has 0 amide bonds. The second-order valence-electron chi connectivity index (χ2n) is 4.55. The zero-order chi connectivity index (χ0) is 10.8. The number of hydrogen-bond acceptors (Lipinski definition) is 3. The summed E-state index contributed by atoms with van der Waals surface area (Å²) in [5.41, 5.74) is 7.01. The minimum Gasteiger partial charge on any atom is -0.331 e. The Balaban J connectivity index is 2.13. The third-order valence-corrected chi connectivity index (χ3v) is 2.86. The van der Waals surface area contributed by atoms with E-state index in [0.717, 1.165) is 0 Å². The number of rotatable bonds is 5. The molecule has 3 N–H and O–H groups in total. The Labute approximate surface area is 90.9 Å². The first-order chi connectivity index (χ1) is 7.22. The molecular formula is C11H20N4. The topological polar surface area (TPSA) is 55.9 Å². The molecule has 0 spiro atoms. The summed E-state index contributed by atoms with van der Waals surface area (Å²) in [5, 5.41) is 3.55. The van der Waals surface area contributed by atoms with Gasteiger partial charge in [-0.15, -0.1) is 0 Å². The average Bonchev–Trinajstić information content (AvgIpc) is 2.89. The van der Waals surface area contributed by atoms with Crippen molar-refractivity contribution in [3.8, 4) is 0 Å². The summed E-state index contributed by atoms with van der Waals surface area (Å²) in [6.45, 7) is 4.96. The molecule has 1 heterocycles. The maximum absolute atomic E-state index is 5.81. The highest BCUT2D eigenvalue weighted by molar-refractivity contribution is 5.08. The van der Waals surface area contributed by atoms with Gasteiger partial charge in [0.1, 0.15) is 0 Å². The fourth-order valence-electron chi connectivity index (χ4n) is 1.82. The molecule has 1 aromatic rings. The van der Waals surface area contributed by atoms with E-state index in [1.165, 1.54) is 18.5 Å². The van der Waals surface area contributed by atoms with Gasteiger partial charge in [0.05, 0.1) is 18.1 Å². The monoisotopic (exact) mass is 208 g/mol. The molecule has 1 unspecified atom stereocenters. The van der Waals surface area contributed by atoms with Crippen molar-refractivity contribution in [2.75, 3.05) is 6.54 Å². The largest absolute Gasteiger partial charge is 0.331 e. The molecule has 0 saturated heterocycles. The van der Waals surface area contributed by atoms with Crippen LogP contribution in [-0.2, 0) is 0 Å². The molecule has 4 heteroatoms. The Hall–Kier alpha value is -0.870. The number of nitrogens with zero attached hydrogens (tertiary/aromatic N) is 2. The Morgan fingerprint density at radius 2 is 2.33 bits per heavy atom. The van der Waals surface area contributed by atoms with Crippen LogP contribution < -0.4 is 11.1 Å². The SMILES string of the molecule is CC(C)n1cncc1C(CN)NC1CC1. The van der Waals surface area contributed by atoms with Gasteiger partial charge in [0.2, 0.25) is 0 Å². The standard InChI is InChI=1S/C11H20N4/c1-8(2)15-7-13-6-11(15)10(5-12)14-9-3-4-9/h6-10,14H,3-5,12H2,1-2H3. The van der Waals surface area contributed by atoms with Crippen molar-refractivity contribution in [2.45, 2.75) is 44.8 Å². The lowest BCUT2D eigenvalue weighted by molar-refractivity contribution is 0.476. The van der Waals surface area contributed by atoms with Gasteiger partial charge in [-0.3, -0.25) is 0 Å². The quantitative estimate of drug-likeness (QED) is 0.765. The van der Waals surface area contributed by atoms with E-state index in [1.54, 1.807) is 0 Å². The first-order valence-electron chi connectivity index (χ1n) is 5.70. The summed E-state index contributed by atoms with van der Waals surface area (Å²) >= 11 is 0. The van der Waals surface area contributed by atoms with Crippen molar-refractivity contribution in [3.05, 3.63) is 18.2 Å². The molecular weight excluding hydrogens is 188 g/mol. The highest BCUT2D eigenvalue weighted by Crippen LogP contribution is 2.24. The zero-order valence-corrected chi connectivity index (χ0v) is 9.48. The van der Waals surface area contributed by atoms with Gasteiger partial charge in [0.25, 0.3) is 0 Å². The van der Waals surface area contributed by atoms with Crippen molar-refractivity contribution in [1.82, 2.24) is 14.9 Å². The van der Waals surface area contributed by atoms with Crippen LogP contribution >= 0.6 is 0 Å². The van der Waals surface area contributed by atoms with Crippen molar-refractivity contribution >= 4 is 0 Å². The lowest BCUT2D eigenvalue weighted by atomic mass is 10.2. The molecule has 1 fully saturated rings. The molecule has 2 rings (SSSR count). The predicted molar refractivity (Wildman–Crippen MR) is 60.6 cm³/mol. The Bertz CT molecular complexity index is 314. The van der Waals surface area contributed by atoms with Crippen molar-refractivity contribution in [2.24, 2.45) is 5.73 Å². The molecule has 4 nitrogen and oxygen atoms in total. The van der Waals surface area contributed by atoms with E-state index in [-0.39, 0.29) is 6.04 Å². The van der Waals surface area contributed by atoms with Crippen LogP contribution in [0.3, 0.4) is 0 Å². The van der Waals surface area contributed by atoms with Crippen LogP contribution in [-0.4, -0.2) is 22.1 Å². The fourth-order valence-corrected chi connectivity index (χ4v) is 1.82. The first-order valence-corrected chi connectivity index (χ1v) is 5.70. The molecule has 1 saturated carbocycles. The molecule has 1 aliphatic rings. The van der Waals surface area contributed by atoms with Gasteiger partial charge in [-0.25, -0.2) is 4.98 Å². The highest BCUT2D eigenvalue weighted by atomic mass is 15.1. The van der Waals surface area contributed by atoms with Gasteiger partial charge in [-0.05, 0) is 26.7 Å². The van der Waals surface area contributed by atoms with Gasteiger partial charge < -0.3 is 15.6 Å². The number of nitrogens with one attached hydrogen (secondary N) is 1. The third kappa shape index (κ3) is 2.38. The van der Waals surface area contributed by atoms with Crippen LogP contribution in [0.4, 0.5) is 0 Å². The molecule has 1 aromatic heterocycles. The van der Waals surface area contributed by atoms with Crippen LogP contribution in [0.1, 0.15) is 44.5 Å². The van der Waals surface area contributed by atoms with E-state index in [1.807, 2.05) is 12.5 Å². The lowest BCUT2D eigenvalue weighted by Crippen LogP contribution is -2.31. The van der Waals surface area contributed by atoms with Gasteiger partial charge in [0, 0.05) is 24.8 Å². The summed E-state index contributed by atoms with van der Waals surface area (Å²) < 4.78 is 2.19. The van der Waals surface area contributed by atoms with Gasteiger partial charge in [-0.2, -0.15) is 0 Å². The van der Waals surface area contributed by atoms with E-state index in [4.69, 9.17) is 5.73 Å². The molecule has 15 heavy (non-hydrogen) atoms. The van der Waals surface area contributed by atoms with Crippen LogP contribution in [0.15, 0.2) is 12.5 Å². The average molecular weight is 208 g/mol. The summed E-state index contributed by atoms with van der Waals surface area (Å²) in [5.74, 6) is 0. The molecule has 0 radical (unpaired) electrons. The predicted octanol–water partition coefficient (Wildman–Crippen LogP) is 1.22. The van der Waals surface area contributed by atoms with Gasteiger partial charge in [0.15, 0.2) is 0 Å². The molecule has 0 bridgehead atoms. The van der Waals surface area contributed by atoms with E-state index >= 15 is 0 Å². The lowest BCUT2D eigenvalue weighted by Gasteiger charge is -2.20. The zero-order valence-electron chi connectivity index (χ0n) is 9.48. The Morgan fingerprint density at radius 3 is 2.87 bits per heavy atom. The number of aromatic nitrogens is 2. The van der Waals surface area contributed by atoms with Gasteiger partial charge >= 0.3 is 0 Å². The second kappa shape index (κ2) is 4.33. The summed E-state index contributed by atoms with van der Waals surface area (Å²) in [7, 11) is 0. The summed E-state index contributed by atoms with van der Waals surface area (Å²) in [6, 6.07) is 1.37. The smallest absolute Gasteiger partial charge is 0.0951 e. The molecule has 0 aliphatic heterocycles. The van der Waals surface area contributed by atoms with Crippen LogP contribution in [0.25, 0.3) is 0 Å². The summed E-state index contributed by atoms with van der Waals surface area (Å²) in [6.07, 6.45) is 6.38.